The Balaban J connectivity index is 2.62. The van der Waals surface area contributed by atoms with Gasteiger partial charge in [-0.2, -0.15) is 0 Å². The Morgan fingerprint density at radius 2 is 2.22 bits per heavy atom. The molecular weight excluding hydrogens is 230 g/mol. The Morgan fingerprint density at radius 1 is 1.44 bits per heavy atom. The largest absolute Gasteiger partial charge is 0.464 e. The first-order chi connectivity index (χ1) is 8.77. The summed E-state index contributed by atoms with van der Waals surface area (Å²) in [6.45, 7) is 4.16. The van der Waals surface area contributed by atoms with Gasteiger partial charge < -0.3 is 10.1 Å². The van der Waals surface area contributed by atoms with Gasteiger partial charge >= 0.3 is 5.97 Å². The number of esters is 1. The SMILES string of the molecule is C=CCNc1c(C(=O)OC)nnc2ccccc12. The first-order valence-electron chi connectivity index (χ1n) is 5.46. The van der Waals surface area contributed by atoms with Crippen LogP contribution in [-0.4, -0.2) is 29.8 Å². The van der Waals surface area contributed by atoms with Crippen molar-refractivity contribution < 1.29 is 9.53 Å². The average Bonchev–Trinajstić information content (AvgIpc) is 2.43. The maximum absolute atomic E-state index is 11.7. The number of benzene rings is 1. The van der Waals surface area contributed by atoms with Crippen molar-refractivity contribution in [3.63, 3.8) is 0 Å². The van der Waals surface area contributed by atoms with E-state index in [1.807, 2.05) is 24.3 Å². The number of aromatic nitrogens is 2. The van der Waals surface area contributed by atoms with Crippen molar-refractivity contribution in [2.75, 3.05) is 19.0 Å². The molecule has 0 atom stereocenters. The Labute approximate surface area is 104 Å². The minimum Gasteiger partial charge on any atom is -0.464 e. The summed E-state index contributed by atoms with van der Waals surface area (Å²) < 4.78 is 4.70. The van der Waals surface area contributed by atoms with Crippen LogP contribution in [0.1, 0.15) is 10.5 Å². The molecule has 0 unspecified atom stereocenters. The summed E-state index contributed by atoms with van der Waals surface area (Å²) in [7, 11) is 1.32. The van der Waals surface area contributed by atoms with Gasteiger partial charge in [-0.15, -0.1) is 16.8 Å². The lowest BCUT2D eigenvalue weighted by molar-refractivity contribution is 0.0594. The Morgan fingerprint density at radius 3 is 2.94 bits per heavy atom. The third-order valence-electron chi connectivity index (χ3n) is 2.47. The van der Waals surface area contributed by atoms with Gasteiger partial charge in [0.2, 0.25) is 0 Å². The third kappa shape index (κ3) is 2.15. The number of anilines is 1. The molecule has 2 rings (SSSR count). The molecule has 0 amide bonds. The van der Waals surface area contributed by atoms with Crippen molar-refractivity contribution in [2.24, 2.45) is 0 Å². The van der Waals surface area contributed by atoms with Gasteiger partial charge in [0.25, 0.3) is 0 Å². The molecule has 1 heterocycles. The van der Waals surface area contributed by atoms with E-state index in [0.29, 0.717) is 12.2 Å². The van der Waals surface area contributed by atoms with Gasteiger partial charge in [-0.3, -0.25) is 0 Å². The summed E-state index contributed by atoms with van der Waals surface area (Å²) in [5.74, 6) is -0.514. The molecule has 0 bridgehead atoms. The van der Waals surface area contributed by atoms with Crippen LogP contribution in [0.2, 0.25) is 0 Å². The molecule has 0 radical (unpaired) electrons. The highest BCUT2D eigenvalue weighted by atomic mass is 16.5. The molecule has 1 aromatic heterocycles. The smallest absolute Gasteiger partial charge is 0.360 e. The Bertz CT molecular complexity index is 596. The van der Waals surface area contributed by atoms with E-state index in [2.05, 4.69) is 22.1 Å². The molecule has 0 fully saturated rings. The van der Waals surface area contributed by atoms with Crippen LogP contribution in [0.25, 0.3) is 10.9 Å². The molecule has 0 saturated heterocycles. The molecule has 1 aromatic carbocycles. The molecule has 0 aliphatic heterocycles. The first-order valence-corrected chi connectivity index (χ1v) is 5.46. The van der Waals surface area contributed by atoms with E-state index in [-0.39, 0.29) is 5.69 Å². The number of carbonyl (C=O) groups excluding carboxylic acids is 1. The van der Waals surface area contributed by atoms with Crippen molar-refractivity contribution in [1.29, 1.82) is 0 Å². The molecule has 2 aromatic rings. The minimum atomic E-state index is -0.514. The second kappa shape index (κ2) is 5.27. The van der Waals surface area contributed by atoms with Crippen molar-refractivity contribution in [3.8, 4) is 0 Å². The molecule has 5 nitrogen and oxygen atoms in total. The van der Waals surface area contributed by atoms with Gasteiger partial charge in [-0.05, 0) is 6.07 Å². The van der Waals surface area contributed by atoms with E-state index in [0.717, 1.165) is 10.9 Å². The summed E-state index contributed by atoms with van der Waals surface area (Å²) in [6.07, 6.45) is 1.70. The van der Waals surface area contributed by atoms with Crippen molar-refractivity contribution in [2.45, 2.75) is 0 Å². The fraction of sp³-hybridized carbons (Fsp3) is 0.154. The summed E-state index contributed by atoms with van der Waals surface area (Å²) in [6, 6.07) is 7.46. The number of hydrogen-bond donors (Lipinski definition) is 1. The molecule has 1 N–H and O–H groups in total. The van der Waals surface area contributed by atoms with Gasteiger partial charge in [-0.1, -0.05) is 24.3 Å². The van der Waals surface area contributed by atoms with Crippen LogP contribution in [0, 0.1) is 0 Å². The predicted octanol–water partition coefficient (Wildman–Crippen LogP) is 2.01. The van der Waals surface area contributed by atoms with Gasteiger partial charge in [0.15, 0.2) is 5.69 Å². The molecule has 18 heavy (non-hydrogen) atoms. The highest BCUT2D eigenvalue weighted by molar-refractivity contribution is 6.03. The van der Waals surface area contributed by atoms with Crippen LogP contribution in [0.15, 0.2) is 36.9 Å². The van der Waals surface area contributed by atoms with Crippen molar-refractivity contribution in [3.05, 3.63) is 42.6 Å². The Kier molecular flexibility index (Phi) is 3.52. The highest BCUT2D eigenvalue weighted by Crippen LogP contribution is 2.24. The van der Waals surface area contributed by atoms with Crippen LogP contribution in [0.5, 0.6) is 0 Å². The zero-order chi connectivity index (χ0) is 13.0. The van der Waals surface area contributed by atoms with E-state index >= 15 is 0 Å². The number of nitrogens with one attached hydrogen (secondary N) is 1. The summed E-state index contributed by atoms with van der Waals surface area (Å²) >= 11 is 0. The van der Waals surface area contributed by atoms with Gasteiger partial charge in [0.1, 0.15) is 0 Å². The first kappa shape index (κ1) is 12.0. The summed E-state index contributed by atoms with van der Waals surface area (Å²) in [5.41, 5.74) is 1.52. The fourth-order valence-electron chi connectivity index (χ4n) is 1.65. The maximum atomic E-state index is 11.7. The number of ether oxygens (including phenoxy) is 1. The average molecular weight is 243 g/mol. The molecular formula is C13H13N3O2. The highest BCUT2D eigenvalue weighted by Gasteiger charge is 2.17. The van der Waals surface area contributed by atoms with E-state index in [1.165, 1.54) is 7.11 Å². The normalized spacial score (nSPS) is 10.1. The lowest BCUT2D eigenvalue weighted by Gasteiger charge is -2.10. The molecule has 5 heteroatoms. The van der Waals surface area contributed by atoms with Gasteiger partial charge in [0.05, 0.1) is 18.3 Å². The van der Waals surface area contributed by atoms with Crippen LogP contribution in [0.4, 0.5) is 5.69 Å². The number of carbonyl (C=O) groups is 1. The van der Waals surface area contributed by atoms with E-state index in [9.17, 15) is 4.79 Å². The molecule has 0 spiro atoms. The summed E-state index contributed by atoms with van der Waals surface area (Å²) in [5, 5.41) is 11.8. The van der Waals surface area contributed by atoms with Crippen molar-refractivity contribution >= 4 is 22.6 Å². The number of nitrogens with zero attached hydrogens (tertiary/aromatic N) is 2. The predicted molar refractivity (Wildman–Crippen MR) is 69.6 cm³/mol. The topological polar surface area (TPSA) is 64.1 Å². The fourth-order valence-corrected chi connectivity index (χ4v) is 1.65. The molecule has 0 saturated carbocycles. The zero-order valence-electron chi connectivity index (χ0n) is 10.0. The lowest BCUT2D eigenvalue weighted by Crippen LogP contribution is -2.12. The minimum absolute atomic E-state index is 0.179. The monoisotopic (exact) mass is 243 g/mol. The lowest BCUT2D eigenvalue weighted by atomic mass is 10.1. The second-order valence-electron chi connectivity index (χ2n) is 3.60. The Hall–Kier alpha value is -2.43. The standard InChI is InChI=1S/C13H13N3O2/c1-3-8-14-11-9-6-4-5-7-10(9)15-16-12(11)13(17)18-2/h3-7H,1,8H2,2H3,(H,14,15). The number of rotatable bonds is 4. The van der Waals surface area contributed by atoms with Crippen LogP contribution < -0.4 is 5.32 Å². The van der Waals surface area contributed by atoms with Crippen LogP contribution in [-0.2, 0) is 4.74 Å². The second-order valence-corrected chi connectivity index (χ2v) is 3.60. The van der Waals surface area contributed by atoms with E-state index in [1.54, 1.807) is 6.08 Å². The molecule has 0 aliphatic carbocycles. The third-order valence-corrected chi connectivity index (χ3v) is 2.47. The number of methoxy groups -OCH3 is 1. The quantitative estimate of drug-likeness (QED) is 0.657. The van der Waals surface area contributed by atoms with Gasteiger partial charge in [0, 0.05) is 11.9 Å². The number of hydrogen-bond acceptors (Lipinski definition) is 5. The van der Waals surface area contributed by atoms with E-state index in [4.69, 9.17) is 4.74 Å². The maximum Gasteiger partial charge on any atom is 0.360 e. The molecule has 92 valence electrons. The van der Waals surface area contributed by atoms with Gasteiger partial charge in [-0.25, -0.2) is 4.79 Å². The number of fused-ring (bicyclic) bond motifs is 1. The summed E-state index contributed by atoms with van der Waals surface area (Å²) in [4.78, 5) is 11.7. The van der Waals surface area contributed by atoms with Crippen LogP contribution in [0.3, 0.4) is 0 Å². The van der Waals surface area contributed by atoms with E-state index < -0.39 is 5.97 Å². The van der Waals surface area contributed by atoms with Crippen molar-refractivity contribution in [1.82, 2.24) is 10.2 Å². The molecule has 0 aliphatic rings. The zero-order valence-corrected chi connectivity index (χ0v) is 10.0. The van der Waals surface area contributed by atoms with Crippen LogP contribution >= 0.6 is 0 Å².